The Kier molecular flexibility index (Phi) is 8.77. The van der Waals surface area contributed by atoms with Crippen LogP contribution >= 0.6 is 0 Å². The molecule has 1 unspecified atom stereocenters. The molecule has 1 heterocycles. The molecule has 0 radical (unpaired) electrons. The predicted molar refractivity (Wildman–Crippen MR) is 160 cm³/mol. The number of hydrogen-bond acceptors (Lipinski definition) is 4. The highest BCUT2D eigenvalue weighted by Crippen LogP contribution is 2.23. The second-order valence-corrected chi connectivity index (χ2v) is 10.8. The summed E-state index contributed by atoms with van der Waals surface area (Å²) in [6.07, 6.45) is 2.01. The highest BCUT2D eigenvalue weighted by atomic mass is 16.5. The van der Waals surface area contributed by atoms with Crippen molar-refractivity contribution in [2.24, 2.45) is 5.92 Å². The van der Waals surface area contributed by atoms with Gasteiger partial charge in [-0.1, -0.05) is 54.6 Å². The minimum absolute atomic E-state index is 0.0241. The first-order valence-corrected chi connectivity index (χ1v) is 14.0. The van der Waals surface area contributed by atoms with Gasteiger partial charge in [0.05, 0.1) is 6.61 Å². The molecule has 1 atom stereocenters. The van der Waals surface area contributed by atoms with E-state index < -0.39 is 0 Å². The molecule has 40 heavy (non-hydrogen) atoms. The fraction of sp³-hybridized carbons (Fsp3) is 0.294. The Bertz CT molecular complexity index is 1440. The number of ether oxygens (including phenoxy) is 1. The third-order valence-electron chi connectivity index (χ3n) is 7.44. The van der Waals surface area contributed by atoms with Gasteiger partial charge in [0.15, 0.2) is 0 Å². The van der Waals surface area contributed by atoms with Gasteiger partial charge >= 0.3 is 0 Å². The van der Waals surface area contributed by atoms with Gasteiger partial charge < -0.3 is 15.0 Å². The van der Waals surface area contributed by atoms with E-state index >= 15 is 0 Å². The lowest BCUT2D eigenvalue weighted by atomic mass is 9.98. The van der Waals surface area contributed by atoms with Crippen molar-refractivity contribution in [1.29, 1.82) is 0 Å². The molecule has 0 bridgehead atoms. The number of piperidine rings is 1. The Hall–Kier alpha value is -4.16. The maximum absolute atomic E-state index is 13.1. The summed E-state index contributed by atoms with van der Waals surface area (Å²) in [5.74, 6) is 1.05. The molecule has 1 aliphatic heterocycles. The van der Waals surface area contributed by atoms with Crippen molar-refractivity contribution >= 4 is 28.3 Å². The Morgan fingerprint density at radius 3 is 2.45 bits per heavy atom. The second-order valence-electron chi connectivity index (χ2n) is 10.8. The van der Waals surface area contributed by atoms with E-state index in [0.29, 0.717) is 30.3 Å². The zero-order valence-electron chi connectivity index (χ0n) is 23.3. The van der Waals surface area contributed by atoms with Crippen LogP contribution in [0.4, 0.5) is 5.69 Å². The molecule has 2 amide bonds. The molecule has 0 aliphatic carbocycles. The molecule has 0 saturated carbocycles. The van der Waals surface area contributed by atoms with Gasteiger partial charge in [-0.3, -0.25) is 14.5 Å². The standard InChI is InChI=1S/C34H37N3O3/c1-25(38)35-31-16-14-29(15-17-31)34(39)37-20-6-7-27(22-37)24-40-32-18-12-26(13-19-32)21-36(2)23-30-10-5-9-28-8-3-4-11-33(28)30/h3-5,8-19,27H,6-7,20-24H2,1-2H3,(H,35,38). The van der Waals surface area contributed by atoms with Gasteiger partial charge in [0, 0.05) is 50.3 Å². The van der Waals surface area contributed by atoms with Crippen molar-refractivity contribution in [3.05, 3.63) is 108 Å². The predicted octanol–water partition coefficient (Wildman–Crippen LogP) is 6.36. The molecule has 4 aromatic carbocycles. The molecule has 0 spiro atoms. The van der Waals surface area contributed by atoms with E-state index in [1.807, 2.05) is 17.0 Å². The summed E-state index contributed by atoms with van der Waals surface area (Å²) in [7, 11) is 2.15. The van der Waals surface area contributed by atoms with Crippen LogP contribution in [0.2, 0.25) is 0 Å². The zero-order chi connectivity index (χ0) is 27.9. The van der Waals surface area contributed by atoms with Gasteiger partial charge in [-0.25, -0.2) is 0 Å². The van der Waals surface area contributed by atoms with E-state index in [2.05, 4.69) is 71.9 Å². The summed E-state index contributed by atoms with van der Waals surface area (Å²) in [4.78, 5) is 28.5. The molecule has 206 valence electrons. The van der Waals surface area contributed by atoms with Gasteiger partial charge in [0.25, 0.3) is 5.91 Å². The summed E-state index contributed by atoms with van der Waals surface area (Å²) in [6.45, 7) is 5.24. The normalized spacial score (nSPS) is 15.3. The van der Waals surface area contributed by atoms with Crippen LogP contribution in [0.1, 0.15) is 41.3 Å². The van der Waals surface area contributed by atoms with Crippen molar-refractivity contribution in [1.82, 2.24) is 9.80 Å². The van der Waals surface area contributed by atoms with Crippen LogP contribution < -0.4 is 10.1 Å². The lowest BCUT2D eigenvalue weighted by molar-refractivity contribution is -0.114. The number of hydrogen-bond donors (Lipinski definition) is 1. The van der Waals surface area contributed by atoms with Crippen molar-refractivity contribution in [2.45, 2.75) is 32.9 Å². The first-order chi connectivity index (χ1) is 19.4. The third kappa shape index (κ3) is 7.07. The number of anilines is 1. The fourth-order valence-electron chi connectivity index (χ4n) is 5.46. The van der Waals surface area contributed by atoms with Gasteiger partial charge in [0.1, 0.15) is 5.75 Å². The maximum atomic E-state index is 13.1. The average molecular weight is 536 g/mol. The second kappa shape index (κ2) is 12.8. The Morgan fingerprint density at radius 1 is 0.925 bits per heavy atom. The smallest absolute Gasteiger partial charge is 0.253 e. The van der Waals surface area contributed by atoms with E-state index in [-0.39, 0.29) is 11.8 Å². The maximum Gasteiger partial charge on any atom is 0.253 e. The average Bonchev–Trinajstić information content (AvgIpc) is 2.97. The number of carbonyl (C=O) groups excluding carboxylic acids is 2. The highest BCUT2D eigenvalue weighted by Gasteiger charge is 2.25. The number of benzene rings is 4. The number of carbonyl (C=O) groups is 2. The molecular formula is C34H37N3O3. The first-order valence-electron chi connectivity index (χ1n) is 14.0. The van der Waals surface area contributed by atoms with Crippen LogP contribution in [0.5, 0.6) is 5.75 Å². The molecule has 6 heteroatoms. The summed E-state index contributed by atoms with van der Waals surface area (Å²) in [5.41, 5.74) is 3.91. The van der Waals surface area contributed by atoms with E-state index in [1.165, 1.54) is 28.8 Å². The SMILES string of the molecule is CC(=O)Nc1ccc(C(=O)N2CCCC(COc3ccc(CN(C)Cc4cccc5ccccc45)cc3)C2)cc1. The van der Waals surface area contributed by atoms with Crippen LogP contribution in [0.25, 0.3) is 10.8 Å². The molecular weight excluding hydrogens is 498 g/mol. The van der Waals surface area contributed by atoms with Gasteiger partial charge in [-0.05, 0) is 78.2 Å². The van der Waals surface area contributed by atoms with E-state index in [9.17, 15) is 9.59 Å². The van der Waals surface area contributed by atoms with Gasteiger partial charge in [-0.2, -0.15) is 0 Å². The minimum Gasteiger partial charge on any atom is -0.493 e. The van der Waals surface area contributed by atoms with Crippen LogP contribution in [-0.2, 0) is 17.9 Å². The van der Waals surface area contributed by atoms with E-state index in [0.717, 1.165) is 38.2 Å². The lowest BCUT2D eigenvalue weighted by Crippen LogP contribution is -2.41. The van der Waals surface area contributed by atoms with Crippen LogP contribution in [0.3, 0.4) is 0 Å². The highest BCUT2D eigenvalue weighted by molar-refractivity contribution is 5.95. The number of fused-ring (bicyclic) bond motifs is 1. The number of nitrogens with zero attached hydrogens (tertiary/aromatic N) is 2. The summed E-state index contributed by atoms with van der Waals surface area (Å²) in [5, 5.41) is 5.32. The largest absolute Gasteiger partial charge is 0.493 e. The monoisotopic (exact) mass is 535 g/mol. The molecule has 0 aromatic heterocycles. The van der Waals surface area contributed by atoms with Crippen molar-refractivity contribution in [3.8, 4) is 5.75 Å². The lowest BCUT2D eigenvalue weighted by Gasteiger charge is -2.32. The van der Waals surface area contributed by atoms with E-state index in [1.54, 1.807) is 24.3 Å². The van der Waals surface area contributed by atoms with Crippen LogP contribution in [0, 0.1) is 5.92 Å². The van der Waals surface area contributed by atoms with Crippen LogP contribution in [0.15, 0.2) is 91.0 Å². The molecule has 5 rings (SSSR count). The Balaban J connectivity index is 1.10. The number of amides is 2. The summed E-state index contributed by atoms with van der Waals surface area (Å²) >= 11 is 0. The van der Waals surface area contributed by atoms with Crippen molar-refractivity contribution in [3.63, 3.8) is 0 Å². The van der Waals surface area contributed by atoms with Crippen LogP contribution in [-0.4, -0.2) is 48.4 Å². The fourth-order valence-corrected chi connectivity index (χ4v) is 5.46. The van der Waals surface area contributed by atoms with Gasteiger partial charge in [-0.15, -0.1) is 0 Å². The molecule has 1 N–H and O–H groups in total. The quantitative estimate of drug-likeness (QED) is 0.271. The molecule has 4 aromatic rings. The summed E-state index contributed by atoms with van der Waals surface area (Å²) in [6, 6.07) is 30.5. The van der Waals surface area contributed by atoms with Crippen molar-refractivity contribution < 1.29 is 14.3 Å². The molecule has 6 nitrogen and oxygen atoms in total. The topological polar surface area (TPSA) is 61.9 Å². The Morgan fingerprint density at radius 2 is 1.68 bits per heavy atom. The zero-order valence-corrected chi connectivity index (χ0v) is 23.3. The number of nitrogens with one attached hydrogen (secondary N) is 1. The minimum atomic E-state index is -0.128. The summed E-state index contributed by atoms with van der Waals surface area (Å²) < 4.78 is 6.14. The Labute approximate surface area is 236 Å². The molecule has 1 saturated heterocycles. The van der Waals surface area contributed by atoms with Crippen molar-refractivity contribution in [2.75, 3.05) is 32.1 Å². The molecule has 1 fully saturated rings. The number of rotatable bonds is 9. The van der Waals surface area contributed by atoms with Gasteiger partial charge in [0.2, 0.25) is 5.91 Å². The van der Waals surface area contributed by atoms with E-state index in [4.69, 9.17) is 4.74 Å². The number of likely N-dealkylation sites (tertiary alicyclic amines) is 1. The molecule has 1 aliphatic rings. The third-order valence-corrected chi connectivity index (χ3v) is 7.44. The first kappa shape index (κ1) is 27.4.